The van der Waals surface area contributed by atoms with E-state index in [9.17, 15) is 14.4 Å². The van der Waals surface area contributed by atoms with Crippen molar-refractivity contribution in [3.63, 3.8) is 0 Å². The summed E-state index contributed by atoms with van der Waals surface area (Å²) in [5.74, 6) is -1.12. The first-order valence-electron chi connectivity index (χ1n) is 7.07. The maximum Gasteiger partial charge on any atom is 0.305 e. The lowest BCUT2D eigenvalue weighted by atomic mass is 10.1. The minimum atomic E-state index is -0.966. The Labute approximate surface area is 127 Å². The molecule has 1 aliphatic heterocycles. The second kappa shape index (κ2) is 6.93. The number of fused-ring (bicyclic) bond motifs is 1. The average Bonchev–Trinajstić information content (AvgIpc) is 2.48. The maximum absolute atomic E-state index is 12.2. The Hall–Kier alpha value is -2.57. The highest BCUT2D eigenvalue weighted by atomic mass is 16.5. The van der Waals surface area contributed by atoms with Gasteiger partial charge in [0.2, 0.25) is 5.91 Å². The Kier molecular flexibility index (Phi) is 4.98. The monoisotopic (exact) mass is 306 g/mol. The third-order valence-corrected chi connectivity index (χ3v) is 3.40. The summed E-state index contributed by atoms with van der Waals surface area (Å²) >= 11 is 0. The van der Waals surface area contributed by atoms with Crippen LogP contribution in [0.4, 0.5) is 5.69 Å². The van der Waals surface area contributed by atoms with Crippen LogP contribution in [-0.4, -0.2) is 47.0 Å². The van der Waals surface area contributed by atoms with E-state index in [1.165, 1.54) is 4.90 Å². The Morgan fingerprint density at radius 1 is 1.36 bits per heavy atom. The van der Waals surface area contributed by atoms with Crippen LogP contribution in [0.25, 0.3) is 0 Å². The van der Waals surface area contributed by atoms with Crippen molar-refractivity contribution in [3.8, 4) is 5.75 Å². The first-order valence-corrected chi connectivity index (χ1v) is 7.07. The number of amides is 2. The Balaban J connectivity index is 1.99. The third-order valence-electron chi connectivity index (χ3n) is 3.40. The van der Waals surface area contributed by atoms with Gasteiger partial charge in [0.25, 0.3) is 5.91 Å². The SMILES string of the molecule is CCN(CCC(=O)O)C(=O)CC1Oc2ccccc2NC1=O. The van der Waals surface area contributed by atoms with E-state index in [4.69, 9.17) is 9.84 Å². The van der Waals surface area contributed by atoms with Gasteiger partial charge in [0.1, 0.15) is 5.75 Å². The van der Waals surface area contributed by atoms with Crippen molar-refractivity contribution in [1.29, 1.82) is 0 Å². The summed E-state index contributed by atoms with van der Waals surface area (Å²) in [5, 5.41) is 11.4. The minimum absolute atomic E-state index is 0.117. The summed E-state index contributed by atoms with van der Waals surface area (Å²) in [5.41, 5.74) is 0.578. The van der Waals surface area contributed by atoms with Gasteiger partial charge in [-0.15, -0.1) is 0 Å². The predicted octanol–water partition coefficient (Wildman–Crippen LogP) is 1.10. The summed E-state index contributed by atoms with van der Waals surface area (Å²) in [6.07, 6.45) is -1.14. The second-order valence-corrected chi connectivity index (χ2v) is 4.91. The number of para-hydroxylation sites is 2. The number of aliphatic carboxylic acids is 1. The fraction of sp³-hybridized carbons (Fsp3) is 0.400. The minimum Gasteiger partial charge on any atom is -0.481 e. The molecule has 0 saturated heterocycles. The Morgan fingerprint density at radius 2 is 2.09 bits per heavy atom. The third kappa shape index (κ3) is 3.75. The first kappa shape index (κ1) is 15.8. The van der Waals surface area contributed by atoms with Gasteiger partial charge in [-0.3, -0.25) is 14.4 Å². The highest BCUT2D eigenvalue weighted by Crippen LogP contribution is 2.29. The van der Waals surface area contributed by atoms with Crippen molar-refractivity contribution in [3.05, 3.63) is 24.3 Å². The molecule has 1 aromatic carbocycles. The molecule has 0 fully saturated rings. The molecule has 0 spiro atoms. The van der Waals surface area contributed by atoms with E-state index >= 15 is 0 Å². The number of hydrogen-bond donors (Lipinski definition) is 2. The molecular weight excluding hydrogens is 288 g/mol. The van der Waals surface area contributed by atoms with E-state index in [1.54, 1.807) is 31.2 Å². The molecule has 22 heavy (non-hydrogen) atoms. The van der Waals surface area contributed by atoms with Crippen molar-refractivity contribution in [2.75, 3.05) is 18.4 Å². The van der Waals surface area contributed by atoms with Crippen LogP contribution in [-0.2, 0) is 14.4 Å². The molecule has 0 bridgehead atoms. The molecule has 2 rings (SSSR count). The number of rotatable bonds is 6. The van der Waals surface area contributed by atoms with Gasteiger partial charge >= 0.3 is 5.97 Å². The zero-order valence-corrected chi connectivity index (χ0v) is 12.2. The largest absolute Gasteiger partial charge is 0.481 e. The van der Waals surface area contributed by atoms with Crippen molar-refractivity contribution < 1.29 is 24.2 Å². The predicted molar refractivity (Wildman–Crippen MR) is 78.6 cm³/mol. The summed E-state index contributed by atoms with van der Waals surface area (Å²) in [6.45, 7) is 2.27. The van der Waals surface area contributed by atoms with E-state index in [2.05, 4.69) is 5.32 Å². The number of carboxylic acids is 1. The van der Waals surface area contributed by atoms with Gasteiger partial charge in [-0.2, -0.15) is 0 Å². The van der Waals surface area contributed by atoms with E-state index < -0.39 is 12.1 Å². The second-order valence-electron chi connectivity index (χ2n) is 4.91. The molecule has 1 aromatic rings. The normalized spacial score (nSPS) is 16.2. The van der Waals surface area contributed by atoms with Gasteiger partial charge < -0.3 is 20.1 Å². The van der Waals surface area contributed by atoms with Crippen LogP contribution in [0.3, 0.4) is 0 Å². The van der Waals surface area contributed by atoms with Gasteiger partial charge in [-0.05, 0) is 19.1 Å². The Morgan fingerprint density at radius 3 is 2.77 bits per heavy atom. The fourth-order valence-corrected chi connectivity index (χ4v) is 2.20. The number of anilines is 1. The topological polar surface area (TPSA) is 95.9 Å². The molecule has 1 unspecified atom stereocenters. The number of ether oxygens (including phenoxy) is 1. The highest BCUT2D eigenvalue weighted by Gasteiger charge is 2.30. The number of nitrogens with one attached hydrogen (secondary N) is 1. The van der Waals surface area contributed by atoms with Gasteiger partial charge in [0, 0.05) is 13.1 Å². The number of hydrogen-bond acceptors (Lipinski definition) is 4. The zero-order chi connectivity index (χ0) is 16.1. The molecule has 2 amide bonds. The molecule has 1 atom stereocenters. The molecule has 118 valence electrons. The van der Waals surface area contributed by atoms with E-state index in [0.717, 1.165) is 0 Å². The van der Waals surface area contributed by atoms with Gasteiger partial charge in [0.05, 0.1) is 18.5 Å². The molecule has 0 radical (unpaired) electrons. The van der Waals surface area contributed by atoms with Gasteiger partial charge in [-0.25, -0.2) is 0 Å². The molecule has 7 nitrogen and oxygen atoms in total. The molecule has 7 heteroatoms. The van der Waals surface area contributed by atoms with Crippen LogP contribution in [0.15, 0.2) is 24.3 Å². The summed E-state index contributed by atoms with van der Waals surface area (Å²) in [4.78, 5) is 36.2. The summed E-state index contributed by atoms with van der Waals surface area (Å²) in [6, 6.07) is 6.99. The molecule has 0 aromatic heterocycles. The lowest BCUT2D eigenvalue weighted by molar-refractivity contribution is -0.140. The van der Waals surface area contributed by atoms with Crippen molar-refractivity contribution in [2.45, 2.75) is 25.9 Å². The first-order chi connectivity index (χ1) is 10.5. The average molecular weight is 306 g/mol. The quantitative estimate of drug-likeness (QED) is 0.820. The molecule has 0 aliphatic carbocycles. The molecular formula is C15H18N2O5. The van der Waals surface area contributed by atoms with Gasteiger partial charge in [0.15, 0.2) is 6.10 Å². The maximum atomic E-state index is 12.2. The van der Waals surface area contributed by atoms with Crippen LogP contribution in [0.2, 0.25) is 0 Å². The number of carbonyl (C=O) groups is 3. The number of benzene rings is 1. The standard InChI is InChI=1S/C15H18N2O5/c1-2-17(8-7-14(19)20)13(18)9-12-15(21)16-10-5-3-4-6-11(10)22-12/h3-6,12H,2,7-9H2,1H3,(H,16,21)(H,19,20). The van der Waals surface area contributed by atoms with E-state index in [1.807, 2.05) is 0 Å². The number of carboxylic acid groups (broad SMARTS) is 1. The highest BCUT2D eigenvalue weighted by molar-refractivity contribution is 5.99. The van der Waals surface area contributed by atoms with E-state index in [-0.39, 0.29) is 31.2 Å². The van der Waals surface area contributed by atoms with Crippen LogP contribution in [0.1, 0.15) is 19.8 Å². The molecule has 1 heterocycles. The summed E-state index contributed by atoms with van der Waals surface area (Å²) < 4.78 is 5.56. The fourth-order valence-electron chi connectivity index (χ4n) is 2.20. The molecule has 2 N–H and O–H groups in total. The van der Waals surface area contributed by atoms with Crippen LogP contribution in [0, 0.1) is 0 Å². The van der Waals surface area contributed by atoms with Crippen LogP contribution < -0.4 is 10.1 Å². The summed E-state index contributed by atoms with van der Waals surface area (Å²) in [7, 11) is 0. The van der Waals surface area contributed by atoms with Crippen molar-refractivity contribution >= 4 is 23.5 Å². The lowest BCUT2D eigenvalue weighted by Crippen LogP contribution is -2.42. The van der Waals surface area contributed by atoms with Crippen LogP contribution >= 0.6 is 0 Å². The molecule has 1 aliphatic rings. The number of nitrogens with zero attached hydrogens (tertiary/aromatic N) is 1. The lowest BCUT2D eigenvalue weighted by Gasteiger charge is -2.27. The number of carbonyl (C=O) groups excluding carboxylic acids is 2. The van der Waals surface area contributed by atoms with Gasteiger partial charge in [-0.1, -0.05) is 12.1 Å². The van der Waals surface area contributed by atoms with E-state index in [0.29, 0.717) is 18.0 Å². The van der Waals surface area contributed by atoms with Crippen molar-refractivity contribution in [2.24, 2.45) is 0 Å². The zero-order valence-electron chi connectivity index (χ0n) is 12.2. The molecule has 0 saturated carbocycles. The smallest absolute Gasteiger partial charge is 0.305 e. The van der Waals surface area contributed by atoms with Crippen LogP contribution in [0.5, 0.6) is 5.75 Å². The Bertz CT molecular complexity index is 587. The van der Waals surface area contributed by atoms with Crippen molar-refractivity contribution in [1.82, 2.24) is 4.90 Å².